The number of ether oxygens (including phenoxy) is 2. The van der Waals surface area contributed by atoms with Gasteiger partial charge in [0.1, 0.15) is 16.5 Å². The predicted molar refractivity (Wildman–Crippen MR) is 132 cm³/mol. The fourth-order valence-electron chi connectivity index (χ4n) is 2.97. The van der Waals surface area contributed by atoms with Crippen molar-refractivity contribution < 1.29 is 14.3 Å². The van der Waals surface area contributed by atoms with Crippen molar-refractivity contribution in [2.24, 2.45) is 0 Å². The molecule has 1 amide bonds. The van der Waals surface area contributed by atoms with Crippen molar-refractivity contribution in [3.8, 4) is 17.2 Å². The number of carbonyl (C=O) groups is 1. The van der Waals surface area contributed by atoms with Crippen molar-refractivity contribution in [2.75, 3.05) is 18.5 Å². The number of rotatable bonds is 9. The van der Waals surface area contributed by atoms with E-state index in [1.165, 1.54) is 22.5 Å². The Labute approximate surface area is 202 Å². The molecule has 3 aromatic rings. The zero-order chi connectivity index (χ0) is 24.0. The smallest absolute Gasteiger partial charge is 0.271 e. The van der Waals surface area contributed by atoms with Crippen LogP contribution in [0.2, 0.25) is 5.02 Å². The van der Waals surface area contributed by atoms with Crippen molar-refractivity contribution in [2.45, 2.75) is 38.0 Å². The maximum atomic E-state index is 12.9. The molecule has 2 aromatic carbocycles. The van der Waals surface area contributed by atoms with Crippen LogP contribution in [0.4, 0.5) is 5.69 Å². The summed E-state index contributed by atoms with van der Waals surface area (Å²) in [7, 11) is 0. The molecule has 0 aliphatic rings. The molecule has 3 rings (SSSR count). The van der Waals surface area contributed by atoms with Crippen LogP contribution in [0.1, 0.15) is 26.3 Å². The van der Waals surface area contributed by atoms with Crippen molar-refractivity contribution >= 4 is 35.0 Å². The zero-order valence-corrected chi connectivity index (χ0v) is 20.5. The number of benzene rings is 2. The van der Waals surface area contributed by atoms with E-state index in [0.717, 1.165) is 5.56 Å². The van der Waals surface area contributed by atoms with Crippen LogP contribution in [-0.2, 0) is 4.79 Å². The first-order valence-corrected chi connectivity index (χ1v) is 11.8. The number of nitrogens with one attached hydrogen (secondary N) is 1. The number of hydrogen-bond acceptors (Lipinski definition) is 6. The van der Waals surface area contributed by atoms with Crippen LogP contribution in [0.15, 0.2) is 58.4 Å². The Balaban J connectivity index is 1.78. The lowest BCUT2D eigenvalue weighted by Crippen LogP contribution is -2.24. The fourth-order valence-corrected chi connectivity index (χ4v) is 3.95. The van der Waals surface area contributed by atoms with Gasteiger partial charge in [0.2, 0.25) is 5.91 Å². The second-order valence-corrected chi connectivity index (χ2v) is 8.90. The first kappa shape index (κ1) is 24.7. The van der Waals surface area contributed by atoms with E-state index < -0.39 is 5.25 Å². The molecule has 0 radical (unpaired) electrons. The minimum atomic E-state index is -0.490. The maximum absolute atomic E-state index is 12.9. The zero-order valence-electron chi connectivity index (χ0n) is 18.9. The third-order valence-electron chi connectivity index (χ3n) is 4.66. The van der Waals surface area contributed by atoms with Gasteiger partial charge in [-0.1, -0.05) is 29.4 Å². The molecule has 0 saturated heterocycles. The van der Waals surface area contributed by atoms with E-state index in [4.69, 9.17) is 21.1 Å². The van der Waals surface area contributed by atoms with Gasteiger partial charge < -0.3 is 14.8 Å². The summed E-state index contributed by atoms with van der Waals surface area (Å²) in [5.74, 6) is 0.976. The van der Waals surface area contributed by atoms with Crippen LogP contribution in [0.5, 0.6) is 11.5 Å². The standard InChI is InChI=1S/C24H26ClN3O4S/c1-5-31-18-9-10-21(32-6-2)20(14-18)26-24(30)16(4)33-22-11-12-23(29)28(27-22)17-8-7-15(3)19(25)13-17/h7-14,16H,5-6H2,1-4H3,(H,26,30)/t16-/m0/s1. The lowest BCUT2D eigenvalue weighted by molar-refractivity contribution is -0.115. The Bertz CT molecular complexity index is 1200. The molecule has 0 saturated carbocycles. The van der Waals surface area contributed by atoms with Gasteiger partial charge in [0.05, 0.1) is 29.8 Å². The monoisotopic (exact) mass is 487 g/mol. The van der Waals surface area contributed by atoms with E-state index in [-0.39, 0.29) is 11.5 Å². The number of hydrogen-bond donors (Lipinski definition) is 1. The number of nitrogens with zero attached hydrogens (tertiary/aromatic N) is 2. The van der Waals surface area contributed by atoms with Crippen molar-refractivity contribution in [3.63, 3.8) is 0 Å². The van der Waals surface area contributed by atoms with E-state index >= 15 is 0 Å². The molecule has 0 unspecified atom stereocenters. The highest BCUT2D eigenvalue weighted by molar-refractivity contribution is 8.00. The van der Waals surface area contributed by atoms with Gasteiger partial charge in [0.25, 0.3) is 5.56 Å². The molecule has 33 heavy (non-hydrogen) atoms. The van der Waals surface area contributed by atoms with E-state index in [1.54, 1.807) is 43.3 Å². The molecule has 0 aliphatic carbocycles. The van der Waals surface area contributed by atoms with Crippen molar-refractivity contribution in [1.29, 1.82) is 0 Å². The Morgan fingerprint density at radius 1 is 1.12 bits per heavy atom. The van der Waals surface area contributed by atoms with Gasteiger partial charge in [-0.05, 0) is 63.6 Å². The fraction of sp³-hybridized carbons (Fsp3) is 0.292. The molecule has 0 aliphatic heterocycles. The molecular weight excluding hydrogens is 462 g/mol. The molecular formula is C24H26ClN3O4S. The SMILES string of the molecule is CCOc1ccc(OCC)c(NC(=O)[C@H](C)Sc2ccc(=O)n(-c3ccc(C)c(Cl)c3)n2)c1. The first-order valence-electron chi connectivity index (χ1n) is 10.6. The summed E-state index contributed by atoms with van der Waals surface area (Å²) in [6.07, 6.45) is 0. The first-order chi connectivity index (χ1) is 15.8. The Hall–Kier alpha value is -2.97. The minimum Gasteiger partial charge on any atom is -0.494 e. The van der Waals surface area contributed by atoms with E-state index in [0.29, 0.717) is 46.1 Å². The summed E-state index contributed by atoms with van der Waals surface area (Å²) >= 11 is 7.45. The normalized spacial score (nSPS) is 11.7. The van der Waals surface area contributed by atoms with Crippen LogP contribution in [0.3, 0.4) is 0 Å². The molecule has 7 nitrogen and oxygen atoms in total. The molecule has 9 heteroatoms. The average molecular weight is 488 g/mol. The second-order valence-electron chi connectivity index (χ2n) is 7.13. The summed E-state index contributed by atoms with van der Waals surface area (Å²) in [5, 5.41) is 7.91. The van der Waals surface area contributed by atoms with E-state index in [1.807, 2.05) is 26.8 Å². The lowest BCUT2D eigenvalue weighted by atomic mass is 10.2. The van der Waals surface area contributed by atoms with Gasteiger partial charge >= 0.3 is 0 Å². The van der Waals surface area contributed by atoms with Gasteiger partial charge in [-0.2, -0.15) is 9.78 Å². The van der Waals surface area contributed by atoms with Gasteiger partial charge in [0, 0.05) is 17.2 Å². The highest BCUT2D eigenvalue weighted by Gasteiger charge is 2.18. The highest BCUT2D eigenvalue weighted by Crippen LogP contribution is 2.31. The minimum absolute atomic E-state index is 0.229. The number of aromatic nitrogens is 2. The van der Waals surface area contributed by atoms with Gasteiger partial charge in [-0.3, -0.25) is 9.59 Å². The number of amides is 1. The van der Waals surface area contributed by atoms with E-state index in [2.05, 4.69) is 10.4 Å². The Morgan fingerprint density at radius 2 is 1.88 bits per heavy atom. The molecule has 1 atom stereocenters. The summed E-state index contributed by atoms with van der Waals surface area (Å²) in [6, 6.07) is 13.6. The molecule has 174 valence electrons. The highest BCUT2D eigenvalue weighted by atomic mass is 35.5. The quantitative estimate of drug-likeness (QED) is 0.422. The largest absolute Gasteiger partial charge is 0.494 e. The Morgan fingerprint density at radius 3 is 2.58 bits per heavy atom. The molecule has 1 N–H and O–H groups in total. The van der Waals surface area contributed by atoms with Crippen LogP contribution in [0.25, 0.3) is 5.69 Å². The topological polar surface area (TPSA) is 82.5 Å². The number of aryl methyl sites for hydroxylation is 1. The maximum Gasteiger partial charge on any atom is 0.271 e. The van der Waals surface area contributed by atoms with Crippen molar-refractivity contribution in [1.82, 2.24) is 9.78 Å². The summed E-state index contributed by atoms with van der Waals surface area (Å²) in [6.45, 7) is 8.41. The van der Waals surface area contributed by atoms with Crippen LogP contribution in [-0.4, -0.2) is 34.2 Å². The number of thioether (sulfide) groups is 1. The van der Waals surface area contributed by atoms with Gasteiger partial charge in [-0.25, -0.2) is 0 Å². The second kappa shape index (κ2) is 11.2. The third-order valence-corrected chi connectivity index (χ3v) is 6.10. The Kier molecular flexibility index (Phi) is 8.41. The molecule has 1 aromatic heterocycles. The number of halogens is 1. The molecule has 0 fully saturated rings. The van der Waals surface area contributed by atoms with Crippen LogP contribution < -0.4 is 20.3 Å². The number of anilines is 1. The summed E-state index contributed by atoms with van der Waals surface area (Å²) < 4.78 is 12.4. The van der Waals surface area contributed by atoms with Gasteiger partial charge in [0.15, 0.2) is 0 Å². The summed E-state index contributed by atoms with van der Waals surface area (Å²) in [5.41, 5.74) is 1.71. The average Bonchev–Trinajstić information content (AvgIpc) is 2.79. The van der Waals surface area contributed by atoms with Crippen LogP contribution in [0, 0.1) is 6.92 Å². The van der Waals surface area contributed by atoms with Crippen molar-refractivity contribution in [3.05, 3.63) is 69.5 Å². The predicted octanol–water partition coefficient (Wildman–Crippen LogP) is 5.11. The lowest BCUT2D eigenvalue weighted by Gasteiger charge is -2.16. The third kappa shape index (κ3) is 6.30. The molecule has 0 bridgehead atoms. The van der Waals surface area contributed by atoms with Crippen LogP contribution >= 0.6 is 23.4 Å². The summed E-state index contributed by atoms with van der Waals surface area (Å²) in [4.78, 5) is 25.3. The number of carbonyl (C=O) groups excluding carboxylic acids is 1. The van der Waals surface area contributed by atoms with Gasteiger partial charge in [-0.15, -0.1) is 0 Å². The molecule has 1 heterocycles. The molecule has 0 spiro atoms. The van der Waals surface area contributed by atoms with E-state index in [9.17, 15) is 9.59 Å².